The Morgan fingerprint density at radius 1 is 1.12 bits per heavy atom. The lowest BCUT2D eigenvalue weighted by Gasteiger charge is -2.32. The third-order valence-electron chi connectivity index (χ3n) is 6.10. The van der Waals surface area contributed by atoms with Crippen LogP contribution in [0, 0.1) is 11.3 Å². The van der Waals surface area contributed by atoms with Gasteiger partial charge in [0.05, 0.1) is 11.3 Å². The molecule has 0 aromatic heterocycles. The number of nitrogens with one attached hydrogen (secondary N) is 1. The summed E-state index contributed by atoms with van der Waals surface area (Å²) in [5.74, 6) is -2.58. The molecule has 2 atom stereocenters. The Morgan fingerprint density at radius 3 is 2.46 bits per heavy atom. The highest BCUT2D eigenvalue weighted by Crippen LogP contribution is 2.45. The second-order valence-corrected chi connectivity index (χ2v) is 7.97. The van der Waals surface area contributed by atoms with Crippen molar-refractivity contribution in [3.8, 4) is 0 Å². The molecule has 1 aliphatic heterocycles. The predicted octanol–water partition coefficient (Wildman–Crippen LogP) is 2.93. The van der Waals surface area contributed by atoms with Crippen LogP contribution < -0.4 is 5.32 Å². The van der Waals surface area contributed by atoms with Gasteiger partial charge >= 0.3 is 6.18 Å². The van der Waals surface area contributed by atoms with Crippen LogP contribution in [0.5, 0.6) is 0 Å². The van der Waals surface area contributed by atoms with Crippen molar-refractivity contribution >= 4 is 17.7 Å². The molecule has 3 amide bonds. The molecular weight excluding hydrogens is 349 g/mol. The topological polar surface area (TPSA) is 66.5 Å². The number of halogens is 3. The van der Waals surface area contributed by atoms with Crippen LogP contribution in [0.3, 0.4) is 0 Å². The van der Waals surface area contributed by atoms with Gasteiger partial charge in [0.1, 0.15) is 6.54 Å². The minimum absolute atomic E-state index is 0.0848. The molecule has 3 fully saturated rings. The predicted molar refractivity (Wildman–Crippen MR) is 86.8 cm³/mol. The van der Waals surface area contributed by atoms with Crippen LogP contribution in [-0.2, 0) is 14.4 Å². The zero-order chi connectivity index (χ0) is 18.9. The molecule has 5 nitrogen and oxygen atoms in total. The zero-order valence-corrected chi connectivity index (χ0v) is 14.7. The summed E-state index contributed by atoms with van der Waals surface area (Å²) in [6, 6.07) is -0.556. The van der Waals surface area contributed by atoms with Gasteiger partial charge in [0.25, 0.3) is 0 Å². The number of carbonyl (C=O) groups excluding carboxylic acids is 3. The number of rotatable bonds is 3. The van der Waals surface area contributed by atoms with Crippen molar-refractivity contribution in [2.24, 2.45) is 11.3 Å². The SMILES string of the molecule is O=C(CN1C(=O)CC2(CCCCC2)C1=O)N[C@H]1CCC[C@@H](C(F)(F)F)C1. The third-order valence-corrected chi connectivity index (χ3v) is 6.10. The van der Waals surface area contributed by atoms with E-state index in [1.54, 1.807) is 0 Å². The Labute approximate surface area is 150 Å². The number of amides is 3. The highest BCUT2D eigenvalue weighted by Gasteiger charge is 2.52. The average Bonchev–Trinajstić information content (AvgIpc) is 2.79. The lowest BCUT2D eigenvalue weighted by atomic mass is 9.73. The Bertz CT molecular complexity index is 585. The Hall–Kier alpha value is -1.60. The van der Waals surface area contributed by atoms with Gasteiger partial charge in [-0.2, -0.15) is 13.2 Å². The largest absolute Gasteiger partial charge is 0.391 e. The van der Waals surface area contributed by atoms with E-state index in [9.17, 15) is 27.6 Å². The van der Waals surface area contributed by atoms with Gasteiger partial charge in [0.15, 0.2) is 0 Å². The maximum atomic E-state index is 12.9. The molecule has 1 N–H and O–H groups in total. The third kappa shape index (κ3) is 3.88. The second-order valence-electron chi connectivity index (χ2n) is 7.97. The molecule has 1 heterocycles. The fraction of sp³-hybridized carbons (Fsp3) is 0.833. The molecule has 0 radical (unpaired) electrons. The van der Waals surface area contributed by atoms with E-state index >= 15 is 0 Å². The van der Waals surface area contributed by atoms with Gasteiger partial charge in [-0.15, -0.1) is 0 Å². The smallest absolute Gasteiger partial charge is 0.352 e. The summed E-state index contributed by atoms with van der Waals surface area (Å²) in [5.41, 5.74) is -0.651. The molecule has 2 aliphatic carbocycles. The quantitative estimate of drug-likeness (QED) is 0.773. The van der Waals surface area contributed by atoms with E-state index in [1.807, 2.05) is 0 Å². The first-order valence-corrected chi connectivity index (χ1v) is 9.42. The number of imide groups is 1. The summed E-state index contributed by atoms with van der Waals surface area (Å²) in [5, 5.41) is 2.60. The van der Waals surface area contributed by atoms with Gasteiger partial charge in [-0.05, 0) is 32.1 Å². The monoisotopic (exact) mass is 374 g/mol. The van der Waals surface area contributed by atoms with E-state index in [0.29, 0.717) is 25.7 Å². The molecular formula is C18H25F3N2O3. The summed E-state index contributed by atoms with van der Waals surface area (Å²) in [7, 11) is 0. The number of hydrogen-bond donors (Lipinski definition) is 1. The zero-order valence-electron chi connectivity index (χ0n) is 14.7. The van der Waals surface area contributed by atoms with Crippen molar-refractivity contribution in [3.05, 3.63) is 0 Å². The van der Waals surface area contributed by atoms with Gasteiger partial charge in [0, 0.05) is 12.5 Å². The summed E-state index contributed by atoms with van der Waals surface area (Å²) < 4.78 is 38.6. The lowest BCUT2D eigenvalue weighted by molar-refractivity contribution is -0.184. The molecule has 0 aromatic carbocycles. The maximum Gasteiger partial charge on any atom is 0.391 e. The molecule has 26 heavy (non-hydrogen) atoms. The number of likely N-dealkylation sites (tertiary alicyclic amines) is 1. The van der Waals surface area contributed by atoms with Gasteiger partial charge in [-0.1, -0.05) is 25.7 Å². The van der Waals surface area contributed by atoms with E-state index in [1.165, 1.54) is 0 Å². The van der Waals surface area contributed by atoms with E-state index in [-0.39, 0.29) is 37.6 Å². The summed E-state index contributed by atoms with van der Waals surface area (Å²) in [6.07, 6.45) is 0.936. The molecule has 3 aliphatic rings. The van der Waals surface area contributed by atoms with E-state index in [0.717, 1.165) is 24.2 Å². The van der Waals surface area contributed by atoms with Crippen molar-refractivity contribution in [3.63, 3.8) is 0 Å². The van der Waals surface area contributed by atoms with Crippen LogP contribution in [0.4, 0.5) is 13.2 Å². The highest BCUT2D eigenvalue weighted by molar-refractivity contribution is 6.08. The first-order valence-electron chi connectivity index (χ1n) is 9.42. The first kappa shape index (κ1) is 19.2. The molecule has 0 unspecified atom stereocenters. The first-order chi connectivity index (χ1) is 12.2. The molecule has 1 saturated heterocycles. The lowest BCUT2D eigenvalue weighted by Crippen LogP contribution is -2.47. The Kier molecular flexibility index (Phi) is 5.30. The van der Waals surface area contributed by atoms with Crippen molar-refractivity contribution in [1.82, 2.24) is 10.2 Å². The molecule has 3 rings (SSSR count). The molecule has 8 heteroatoms. The van der Waals surface area contributed by atoms with Crippen LogP contribution in [0.2, 0.25) is 0 Å². The fourth-order valence-corrected chi connectivity index (χ4v) is 4.67. The van der Waals surface area contributed by atoms with Gasteiger partial charge in [-0.25, -0.2) is 0 Å². The van der Waals surface area contributed by atoms with Crippen molar-refractivity contribution < 1.29 is 27.6 Å². The fourth-order valence-electron chi connectivity index (χ4n) is 4.67. The number of alkyl halides is 3. The molecule has 146 valence electrons. The van der Waals surface area contributed by atoms with Crippen LogP contribution in [-0.4, -0.2) is 41.4 Å². The van der Waals surface area contributed by atoms with Crippen LogP contribution in [0.25, 0.3) is 0 Å². The average molecular weight is 374 g/mol. The maximum absolute atomic E-state index is 12.9. The molecule has 2 saturated carbocycles. The van der Waals surface area contributed by atoms with Crippen LogP contribution >= 0.6 is 0 Å². The van der Waals surface area contributed by atoms with E-state index < -0.39 is 29.5 Å². The normalized spacial score (nSPS) is 29.3. The molecule has 0 bridgehead atoms. The van der Waals surface area contributed by atoms with Crippen molar-refractivity contribution in [1.29, 1.82) is 0 Å². The minimum Gasteiger partial charge on any atom is -0.352 e. The number of hydrogen-bond acceptors (Lipinski definition) is 3. The Morgan fingerprint density at radius 2 is 1.81 bits per heavy atom. The standard InChI is InChI=1S/C18H25F3N2O3/c19-18(20,21)12-5-4-6-13(9-12)22-14(24)11-23-15(25)10-17(16(23)26)7-2-1-3-8-17/h12-13H,1-11H2,(H,22,24)/t12-,13+/m1/s1. The van der Waals surface area contributed by atoms with Gasteiger partial charge < -0.3 is 5.32 Å². The van der Waals surface area contributed by atoms with E-state index in [2.05, 4.69) is 5.32 Å². The van der Waals surface area contributed by atoms with Gasteiger partial charge in [-0.3, -0.25) is 19.3 Å². The number of carbonyl (C=O) groups is 3. The summed E-state index contributed by atoms with van der Waals surface area (Å²) >= 11 is 0. The van der Waals surface area contributed by atoms with Crippen LogP contribution in [0.1, 0.15) is 64.2 Å². The minimum atomic E-state index is -4.25. The summed E-state index contributed by atoms with van der Waals surface area (Å²) in [4.78, 5) is 38.2. The van der Waals surface area contributed by atoms with Crippen LogP contribution in [0.15, 0.2) is 0 Å². The molecule has 0 aromatic rings. The van der Waals surface area contributed by atoms with Gasteiger partial charge in [0.2, 0.25) is 17.7 Å². The van der Waals surface area contributed by atoms with Crippen molar-refractivity contribution in [2.45, 2.75) is 76.4 Å². The Balaban J connectivity index is 1.56. The molecule has 1 spiro atoms. The van der Waals surface area contributed by atoms with Crippen molar-refractivity contribution in [2.75, 3.05) is 6.54 Å². The second kappa shape index (κ2) is 7.19. The van der Waals surface area contributed by atoms with E-state index in [4.69, 9.17) is 0 Å². The highest BCUT2D eigenvalue weighted by atomic mass is 19.4. The summed E-state index contributed by atoms with van der Waals surface area (Å²) in [6.45, 7) is -0.382. The number of nitrogens with zero attached hydrogens (tertiary/aromatic N) is 1.